The molecule has 0 spiro atoms. The van der Waals surface area contributed by atoms with Crippen LogP contribution in [0.3, 0.4) is 0 Å². The summed E-state index contributed by atoms with van der Waals surface area (Å²) in [5.41, 5.74) is 0.779. The maximum atomic E-state index is 13.7. The highest BCUT2D eigenvalue weighted by Gasteiger charge is 2.34. The van der Waals surface area contributed by atoms with Gasteiger partial charge in [0.1, 0.15) is 0 Å². The van der Waals surface area contributed by atoms with Gasteiger partial charge in [0.15, 0.2) is 11.6 Å². The first-order valence-corrected chi connectivity index (χ1v) is 6.23. The Kier molecular flexibility index (Phi) is 3.89. The molecule has 94 valence electrons. The Morgan fingerprint density at radius 3 is 2.65 bits per heavy atom. The molecule has 0 saturated carbocycles. The van der Waals surface area contributed by atoms with Gasteiger partial charge in [-0.25, -0.2) is 4.39 Å². The van der Waals surface area contributed by atoms with Crippen LogP contribution in [0.4, 0.5) is 4.39 Å². The number of halogens is 2. The van der Waals surface area contributed by atoms with E-state index in [1.54, 1.807) is 6.07 Å². The monoisotopic (exact) mass is 258 g/mol. The molecule has 1 aromatic rings. The quantitative estimate of drug-likeness (QED) is 0.776. The second-order valence-corrected chi connectivity index (χ2v) is 4.64. The molecule has 0 N–H and O–H groups in total. The Labute approximate surface area is 106 Å². The number of benzene rings is 1. The Morgan fingerprint density at radius 1 is 1.41 bits per heavy atom. The summed E-state index contributed by atoms with van der Waals surface area (Å²) in [7, 11) is 1.46. The Bertz CT molecular complexity index is 389. The summed E-state index contributed by atoms with van der Waals surface area (Å²) in [4.78, 5) is 0. The molecule has 17 heavy (non-hydrogen) atoms. The largest absolute Gasteiger partial charge is 0.494 e. The van der Waals surface area contributed by atoms with Gasteiger partial charge in [0, 0.05) is 24.5 Å². The van der Waals surface area contributed by atoms with E-state index in [1.807, 2.05) is 6.07 Å². The van der Waals surface area contributed by atoms with Crippen LogP contribution in [0.5, 0.6) is 5.75 Å². The average Bonchev–Trinajstić information content (AvgIpc) is 2.39. The summed E-state index contributed by atoms with van der Waals surface area (Å²) in [6.45, 7) is 1.36. The van der Waals surface area contributed by atoms with Crippen molar-refractivity contribution in [2.45, 2.75) is 18.3 Å². The zero-order chi connectivity index (χ0) is 12.3. The lowest BCUT2D eigenvalue weighted by Gasteiger charge is -2.36. The average molecular weight is 259 g/mol. The number of ether oxygens (including phenoxy) is 2. The van der Waals surface area contributed by atoms with E-state index in [9.17, 15) is 4.39 Å². The van der Waals surface area contributed by atoms with Crippen LogP contribution in [-0.2, 0) is 10.2 Å². The Hall–Kier alpha value is -0.800. The topological polar surface area (TPSA) is 18.5 Å². The summed E-state index contributed by atoms with van der Waals surface area (Å²) < 4.78 is 24.0. The fourth-order valence-electron chi connectivity index (χ4n) is 2.26. The van der Waals surface area contributed by atoms with E-state index in [0.717, 1.165) is 18.4 Å². The van der Waals surface area contributed by atoms with Crippen LogP contribution in [0.25, 0.3) is 0 Å². The van der Waals surface area contributed by atoms with E-state index in [4.69, 9.17) is 21.1 Å². The fraction of sp³-hybridized carbons (Fsp3) is 0.538. The standard InChI is InChI=1S/C13H16ClFO2/c1-16-12-3-2-10(8-11(12)15)13(9-14)4-6-17-7-5-13/h2-3,8H,4-7,9H2,1H3. The van der Waals surface area contributed by atoms with Gasteiger partial charge in [0.2, 0.25) is 0 Å². The highest BCUT2D eigenvalue weighted by molar-refractivity contribution is 6.18. The summed E-state index contributed by atoms with van der Waals surface area (Å²) in [5.74, 6) is 0.425. The van der Waals surface area contributed by atoms with E-state index in [-0.39, 0.29) is 17.0 Å². The SMILES string of the molecule is COc1ccc(C2(CCl)CCOCC2)cc1F. The molecule has 1 aliphatic heterocycles. The minimum absolute atomic E-state index is 0.160. The maximum absolute atomic E-state index is 13.7. The number of alkyl halides is 1. The van der Waals surface area contributed by atoms with Crippen molar-refractivity contribution in [2.75, 3.05) is 26.2 Å². The van der Waals surface area contributed by atoms with E-state index >= 15 is 0 Å². The first-order valence-electron chi connectivity index (χ1n) is 5.69. The highest BCUT2D eigenvalue weighted by Crippen LogP contribution is 2.37. The van der Waals surface area contributed by atoms with Gasteiger partial charge in [-0.15, -0.1) is 11.6 Å². The Morgan fingerprint density at radius 2 is 2.12 bits per heavy atom. The van der Waals surface area contributed by atoms with Crippen molar-refractivity contribution >= 4 is 11.6 Å². The molecule has 0 aliphatic carbocycles. The molecular weight excluding hydrogens is 243 g/mol. The minimum atomic E-state index is -0.332. The van der Waals surface area contributed by atoms with Crippen LogP contribution in [0.2, 0.25) is 0 Å². The third kappa shape index (κ3) is 2.40. The molecule has 0 radical (unpaired) electrons. The van der Waals surface area contributed by atoms with Gasteiger partial charge in [0.05, 0.1) is 7.11 Å². The van der Waals surface area contributed by atoms with Gasteiger partial charge < -0.3 is 9.47 Å². The van der Waals surface area contributed by atoms with Gasteiger partial charge in [-0.2, -0.15) is 0 Å². The van der Waals surface area contributed by atoms with E-state index in [2.05, 4.69) is 0 Å². The van der Waals surface area contributed by atoms with Gasteiger partial charge in [-0.3, -0.25) is 0 Å². The summed E-state index contributed by atoms with van der Waals surface area (Å²) in [6.07, 6.45) is 1.67. The van der Waals surface area contributed by atoms with E-state index in [0.29, 0.717) is 19.1 Å². The molecule has 0 unspecified atom stereocenters. The fourth-order valence-corrected chi connectivity index (χ4v) is 2.68. The zero-order valence-electron chi connectivity index (χ0n) is 9.84. The lowest BCUT2D eigenvalue weighted by molar-refractivity contribution is 0.0574. The van der Waals surface area contributed by atoms with Crippen molar-refractivity contribution in [1.82, 2.24) is 0 Å². The van der Waals surface area contributed by atoms with Gasteiger partial charge in [-0.05, 0) is 30.5 Å². The smallest absolute Gasteiger partial charge is 0.165 e. The molecule has 0 atom stereocenters. The number of methoxy groups -OCH3 is 1. The number of rotatable bonds is 3. The molecule has 0 aromatic heterocycles. The molecule has 2 nitrogen and oxygen atoms in total. The predicted molar refractivity (Wildman–Crippen MR) is 65.4 cm³/mol. The predicted octanol–water partition coefficient (Wildman–Crippen LogP) is 3.12. The second kappa shape index (κ2) is 5.23. The lowest BCUT2D eigenvalue weighted by atomic mass is 9.76. The van der Waals surface area contributed by atoms with Crippen molar-refractivity contribution in [2.24, 2.45) is 0 Å². The second-order valence-electron chi connectivity index (χ2n) is 4.38. The number of hydrogen-bond acceptors (Lipinski definition) is 2. The van der Waals surface area contributed by atoms with E-state index in [1.165, 1.54) is 13.2 Å². The molecule has 4 heteroatoms. The molecule has 1 aliphatic rings. The lowest BCUT2D eigenvalue weighted by Crippen LogP contribution is -2.35. The molecule has 1 saturated heterocycles. The maximum Gasteiger partial charge on any atom is 0.165 e. The molecule has 0 amide bonds. The van der Waals surface area contributed by atoms with Crippen molar-refractivity contribution in [1.29, 1.82) is 0 Å². The highest BCUT2D eigenvalue weighted by atomic mass is 35.5. The third-order valence-corrected chi connectivity index (χ3v) is 3.98. The van der Waals surface area contributed by atoms with Crippen LogP contribution in [0.15, 0.2) is 18.2 Å². The first-order chi connectivity index (χ1) is 8.22. The van der Waals surface area contributed by atoms with Gasteiger partial charge >= 0.3 is 0 Å². The Balaban J connectivity index is 2.33. The normalized spacial score (nSPS) is 19.0. The summed E-state index contributed by atoms with van der Waals surface area (Å²) in [5, 5.41) is 0. The van der Waals surface area contributed by atoms with Crippen molar-refractivity contribution in [3.05, 3.63) is 29.6 Å². The van der Waals surface area contributed by atoms with Crippen LogP contribution in [0.1, 0.15) is 18.4 Å². The molecule has 1 aromatic carbocycles. The molecule has 2 rings (SSSR count). The van der Waals surface area contributed by atoms with Crippen molar-refractivity contribution in [3.63, 3.8) is 0 Å². The molecule has 0 bridgehead atoms. The molecule has 1 heterocycles. The summed E-state index contributed by atoms with van der Waals surface area (Å²) in [6, 6.07) is 5.09. The third-order valence-electron chi connectivity index (χ3n) is 3.47. The summed E-state index contributed by atoms with van der Waals surface area (Å²) >= 11 is 6.09. The first kappa shape index (κ1) is 12.7. The minimum Gasteiger partial charge on any atom is -0.494 e. The van der Waals surface area contributed by atoms with Crippen molar-refractivity contribution < 1.29 is 13.9 Å². The number of hydrogen-bond donors (Lipinski definition) is 0. The van der Waals surface area contributed by atoms with E-state index < -0.39 is 0 Å². The van der Waals surface area contributed by atoms with Crippen LogP contribution < -0.4 is 4.74 Å². The molecule has 1 fully saturated rings. The van der Waals surface area contributed by atoms with Gasteiger partial charge in [0.25, 0.3) is 0 Å². The van der Waals surface area contributed by atoms with Crippen LogP contribution in [-0.4, -0.2) is 26.2 Å². The zero-order valence-corrected chi connectivity index (χ0v) is 10.6. The van der Waals surface area contributed by atoms with Crippen molar-refractivity contribution in [3.8, 4) is 5.75 Å². The molecular formula is C13H16ClFO2. The van der Waals surface area contributed by atoms with Crippen LogP contribution >= 0.6 is 11.6 Å². The van der Waals surface area contributed by atoms with Crippen LogP contribution in [0, 0.1) is 5.82 Å². The van der Waals surface area contributed by atoms with Gasteiger partial charge in [-0.1, -0.05) is 6.07 Å².